The molecule has 8 heteroatoms. The summed E-state index contributed by atoms with van der Waals surface area (Å²) in [5.41, 5.74) is 0.783. The van der Waals surface area contributed by atoms with Gasteiger partial charge in [-0.1, -0.05) is 12.1 Å². The first-order valence-corrected chi connectivity index (χ1v) is 11.0. The molecular weight excluding hydrogens is 432 g/mol. The molecule has 0 unspecified atom stereocenters. The fourth-order valence-electron chi connectivity index (χ4n) is 2.96. The van der Waals surface area contributed by atoms with Crippen LogP contribution in [0.2, 0.25) is 0 Å². The van der Waals surface area contributed by atoms with E-state index in [-0.39, 0.29) is 10.5 Å². The normalized spacial score (nSPS) is 14.9. The van der Waals surface area contributed by atoms with E-state index in [9.17, 15) is 13.2 Å². The number of anilines is 1. The van der Waals surface area contributed by atoms with Crippen molar-refractivity contribution < 1.29 is 17.9 Å². The molecule has 0 aromatic heterocycles. The summed E-state index contributed by atoms with van der Waals surface area (Å²) in [6, 6.07) is 11.6. The molecule has 0 atom stereocenters. The molecule has 144 valence electrons. The Hall–Kier alpha value is -1.90. The van der Waals surface area contributed by atoms with Gasteiger partial charge < -0.3 is 10.1 Å². The maximum atomic E-state index is 12.8. The van der Waals surface area contributed by atoms with Gasteiger partial charge in [0.15, 0.2) is 0 Å². The van der Waals surface area contributed by atoms with E-state index >= 15 is 0 Å². The Balaban J connectivity index is 1.89. The summed E-state index contributed by atoms with van der Waals surface area (Å²) >= 11 is 3.34. The van der Waals surface area contributed by atoms with E-state index in [1.54, 1.807) is 24.3 Å². The van der Waals surface area contributed by atoms with Gasteiger partial charge in [0.2, 0.25) is 10.0 Å². The molecule has 27 heavy (non-hydrogen) atoms. The SMILES string of the molecule is CCOc1ccccc1NC(=O)c1cc(S(=O)(=O)N2CCCC2)ccc1Br. The fraction of sp³-hybridized carbons (Fsp3) is 0.316. The van der Waals surface area contributed by atoms with Crippen molar-refractivity contribution in [2.75, 3.05) is 25.0 Å². The number of halogens is 1. The third kappa shape index (κ3) is 4.34. The second-order valence-corrected chi connectivity index (χ2v) is 8.93. The van der Waals surface area contributed by atoms with E-state index in [0.29, 0.717) is 35.6 Å². The molecule has 1 aliphatic rings. The van der Waals surface area contributed by atoms with E-state index in [4.69, 9.17) is 4.74 Å². The lowest BCUT2D eigenvalue weighted by atomic mass is 10.2. The first kappa shape index (κ1) is 19.9. The topological polar surface area (TPSA) is 75.7 Å². The summed E-state index contributed by atoms with van der Waals surface area (Å²) in [4.78, 5) is 12.9. The van der Waals surface area contributed by atoms with Crippen molar-refractivity contribution in [1.82, 2.24) is 4.31 Å². The number of carbonyl (C=O) groups excluding carboxylic acids is 1. The number of ether oxygens (including phenoxy) is 1. The Bertz CT molecular complexity index is 940. The molecule has 1 aliphatic heterocycles. The summed E-state index contributed by atoms with van der Waals surface area (Å²) in [6.45, 7) is 3.37. The lowest BCUT2D eigenvalue weighted by Crippen LogP contribution is -2.28. The molecular formula is C19H21BrN2O4S. The minimum atomic E-state index is -3.59. The second-order valence-electron chi connectivity index (χ2n) is 6.14. The maximum absolute atomic E-state index is 12.8. The minimum absolute atomic E-state index is 0.121. The molecule has 6 nitrogen and oxygen atoms in total. The molecule has 2 aromatic carbocycles. The Morgan fingerprint density at radius 3 is 2.59 bits per heavy atom. The van der Waals surface area contributed by atoms with Gasteiger partial charge in [0.1, 0.15) is 5.75 Å². The highest BCUT2D eigenvalue weighted by atomic mass is 79.9. The zero-order valence-corrected chi connectivity index (χ0v) is 17.3. The zero-order chi connectivity index (χ0) is 19.4. The van der Waals surface area contributed by atoms with Crippen molar-refractivity contribution in [2.45, 2.75) is 24.7 Å². The van der Waals surface area contributed by atoms with Crippen LogP contribution >= 0.6 is 15.9 Å². The fourth-order valence-corrected chi connectivity index (χ4v) is 4.93. The Labute approximate surface area is 167 Å². The molecule has 1 amide bonds. The van der Waals surface area contributed by atoms with E-state index in [1.165, 1.54) is 16.4 Å². The number of para-hydroxylation sites is 2. The molecule has 2 aromatic rings. The first-order chi connectivity index (χ1) is 12.9. The van der Waals surface area contributed by atoms with Crippen molar-refractivity contribution in [2.24, 2.45) is 0 Å². The van der Waals surface area contributed by atoms with Gasteiger partial charge in [0.25, 0.3) is 5.91 Å². The molecule has 1 heterocycles. The van der Waals surface area contributed by atoms with Crippen LogP contribution in [0.4, 0.5) is 5.69 Å². The van der Waals surface area contributed by atoms with E-state index < -0.39 is 15.9 Å². The number of nitrogens with one attached hydrogen (secondary N) is 1. The van der Waals surface area contributed by atoms with Crippen LogP contribution in [0.15, 0.2) is 51.8 Å². The highest BCUT2D eigenvalue weighted by Gasteiger charge is 2.28. The number of carbonyl (C=O) groups is 1. The van der Waals surface area contributed by atoms with Crippen LogP contribution in [0.25, 0.3) is 0 Å². The van der Waals surface area contributed by atoms with Crippen molar-refractivity contribution in [3.63, 3.8) is 0 Å². The maximum Gasteiger partial charge on any atom is 0.256 e. The average Bonchev–Trinajstić information content (AvgIpc) is 3.19. The third-order valence-corrected chi connectivity index (χ3v) is 6.91. The van der Waals surface area contributed by atoms with Crippen LogP contribution in [0.1, 0.15) is 30.1 Å². The van der Waals surface area contributed by atoms with Crippen LogP contribution in [-0.2, 0) is 10.0 Å². The number of hydrogen-bond donors (Lipinski definition) is 1. The predicted molar refractivity (Wildman–Crippen MR) is 108 cm³/mol. The molecule has 0 bridgehead atoms. The van der Waals surface area contributed by atoms with Crippen molar-refractivity contribution in [1.29, 1.82) is 0 Å². The third-order valence-electron chi connectivity index (χ3n) is 4.32. The number of nitrogens with zero attached hydrogens (tertiary/aromatic N) is 1. The number of rotatable bonds is 6. The van der Waals surface area contributed by atoms with Gasteiger partial charge in [-0.05, 0) is 66.0 Å². The Morgan fingerprint density at radius 1 is 1.19 bits per heavy atom. The Kier molecular flexibility index (Phi) is 6.18. The van der Waals surface area contributed by atoms with Gasteiger partial charge in [-0.3, -0.25) is 4.79 Å². The summed E-state index contributed by atoms with van der Waals surface area (Å²) < 4.78 is 33.1. The number of amides is 1. The van der Waals surface area contributed by atoms with Gasteiger partial charge in [0, 0.05) is 17.6 Å². The number of benzene rings is 2. The smallest absolute Gasteiger partial charge is 0.256 e. The highest BCUT2D eigenvalue weighted by molar-refractivity contribution is 9.10. The monoisotopic (exact) mass is 452 g/mol. The molecule has 1 fully saturated rings. The van der Waals surface area contributed by atoms with Crippen LogP contribution in [-0.4, -0.2) is 38.3 Å². The molecule has 1 saturated heterocycles. The van der Waals surface area contributed by atoms with E-state index in [0.717, 1.165) is 12.8 Å². The van der Waals surface area contributed by atoms with Crippen molar-refractivity contribution in [3.8, 4) is 5.75 Å². The molecule has 3 rings (SSSR count). The Morgan fingerprint density at radius 2 is 1.89 bits per heavy atom. The van der Waals surface area contributed by atoms with Gasteiger partial charge >= 0.3 is 0 Å². The summed E-state index contributed by atoms with van der Waals surface area (Å²) in [7, 11) is -3.59. The van der Waals surface area contributed by atoms with E-state index in [1.807, 2.05) is 13.0 Å². The quantitative estimate of drug-likeness (QED) is 0.721. The van der Waals surface area contributed by atoms with Crippen LogP contribution in [0.3, 0.4) is 0 Å². The van der Waals surface area contributed by atoms with Crippen LogP contribution in [0, 0.1) is 0 Å². The molecule has 1 N–H and O–H groups in total. The highest BCUT2D eigenvalue weighted by Crippen LogP contribution is 2.28. The molecule has 0 spiro atoms. The zero-order valence-electron chi connectivity index (χ0n) is 14.9. The summed E-state index contributed by atoms with van der Waals surface area (Å²) in [5, 5.41) is 2.80. The van der Waals surface area contributed by atoms with Gasteiger partial charge in [-0.25, -0.2) is 8.42 Å². The summed E-state index contributed by atoms with van der Waals surface area (Å²) in [6.07, 6.45) is 1.72. The molecule has 0 saturated carbocycles. The average molecular weight is 453 g/mol. The number of hydrogen-bond acceptors (Lipinski definition) is 4. The van der Waals surface area contributed by atoms with E-state index in [2.05, 4.69) is 21.2 Å². The van der Waals surface area contributed by atoms with Crippen molar-refractivity contribution in [3.05, 3.63) is 52.5 Å². The summed E-state index contributed by atoms with van der Waals surface area (Å²) in [5.74, 6) is 0.151. The lowest BCUT2D eigenvalue weighted by Gasteiger charge is -2.17. The van der Waals surface area contributed by atoms with Gasteiger partial charge in [-0.2, -0.15) is 4.31 Å². The molecule has 0 aliphatic carbocycles. The van der Waals surface area contributed by atoms with Crippen LogP contribution in [0.5, 0.6) is 5.75 Å². The first-order valence-electron chi connectivity index (χ1n) is 8.76. The van der Waals surface area contributed by atoms with Gasteiger partial charge in [0.05, 0.1) is 22.8 Å². The number of sulfonamides is 1. The minimum Gasteiger partial charge on any atom is -0.492 e. The van der Waals surface area contributed by atoms with Crippen LogP contribution < -0.4 is 10.1 Å². The second kappa shape index (κ2) is 8.41. The molecule has 0 radical (unpaired) electrons. The van der Waals surface area contributed by atoms with Crippen molar-refractivity contribution >= 4 is 37.5 Å². The largest absolute Gasteiger partial charge is 0.492 e. The standard InChI is InChI=1S/C19H21BrN2O4S/c1-2-26-18-8-4-3-7-17(18)21-19(23)15-13-14(9-10-16(15)20)27(24,25)22-11-5-6-12-22/h3-4,7-10,13H,2,5-6,11-12H2,1H3,(H,21,23). The predicted octanol–water partition coefficient (Wildman–Crippen LogP) is 3.88. The lowest BCUT2D eigenvalue weighted by molar-refractivity contribution is 0.102. The van der Waals surface area contributed by atoms with Gasteiger partial charge in [-0.15, -0.1) is 0 Å².